The zero-order chi connectivity index (χ0) is 19.7. The van der Waals surface area contributed by atoms with Crippen molar-refractivity contribution in [1.82, 2.24) is 5.32 Å². The van der Waals surface area contributed by atoms with Crippen LogP contribution in [-0.2, 0) is 28.5 Å². The molecule has 0 bridgehead atoms. The lowest BCUT2D eigenvalue weighted by molar-refractivity contribution is -0.246. The van der Waals surface area contributed by atoms with Gasteiger partial charge in [-0.3, -0.25) is 4.79 Å². The first-order valence-corrected chi connectivity index (χ1v) is 8.23. The first-order chi connectivity index (χ1) is 12.3. The zero-order valence-electron chi connectivity index (χ0n) is 14.8. The molecule has 0 aromatic rings. The van der Waals surface area contributed by atoms with Gasteiger partial charge in [-0.1, -0.05) is 0 Å². The van der Waals surface area contributed by atoms with Crippen LogP contribution in [0.25, 0.3) is 0 Å². The van der Waals surface area contributed by atoms with Gasteiger partial charge in [-0.25, -0.2) is 0 Å². The minimum atomic E-state index is -1.44. The van der Waals surface area contributed by atoms with E-state index in [1.807, 2.05) is 0 Å². The number of carbonyl (C=O) groups excluding carboxylic acids is 2. The second-order valence-corrected chi connectivity index (χ2v) is 5.93. The van der Waals surface area contributed by atoms with Crippen LogP contribution in [0.4, 0.5) is 0 Å². The summed E-state index contributed by atoms with van der Waals surface area (Å²) in [5.41, 5.74) is 5.40. The van der Waals surface area contributed by atoms with Gasteiger partial charge in [0, 0.05) is 6.54 Å². The van der Waals surface area contributed by atoms with E-state index in [0.29, 0.717) is 12.6 Å². The Morgan fingerprint density at radius 1 is 1.12 bits per heavy atom. The number of aliphatic hydroxyl groups is 3. The molecule has 1 aliphatic heterocycles. The molecule has 1 heterocycles. The standard InChI is InChI=1S/C15H28N2O9/c1-8(16)23-6-9(4-18)25-12(5-19)24-7-11-14(21)15(22)13(20)10(26-11)3-17-2/h4-5,8-15,17,20-22H,3,6-7,16H2,1-2H3. The van der Waals surface area contributed by atoms with Crippen LogP contribution < -0.4 is 11.1 Å². The Morgan fingerprint density at radius 3 is 2.31 bits per heavy atom. The van der Waals surface area contributed by atoms with Crippen molar-refractivity contribution in [2.45, 2.75) is 56.1 Å². The molecule has 0 aromatic heterocycles. The van der Waals surface area contributed by atoms with Crippen molar-refractivity contribution in [2.24, 2.45) is 5.73 Å². The van der Waals surface area contributed by atoms with E-state index in [-0.39, 0.29) is 19.8 Å². The van der Waals surface area contributed by atoms with Crippen LogP contribution >= 0.6 is 0 Å². The van der Waals surface area contributed by atoms with Gasteiger partial charge in [0.15, 0.2) is 12.6 Å². The second-order valence-electron chi connectivity index (χ2n) is 5.93. The van der Waals surface area contributed by atoms with Crippen LogP contribution in [0.5, 0.6) is 0 Å². The summed E-state index contributed by atoms with van der Waals surface area (Å²) in [5, 5.41) is 32.6. The van der Waals surface area contributed by atoms with Crippen LogP contribution in [0.1, 0.15) is 6.92 Å². The zero-order valence-corrected chi connectivity index (χ0v) is 14.8. The normalized spacial score (nSPS) is 32.6. The lowest BCUT2D eigenvalue weighted by atomic mass is 9.95. The Kier molecular flexibility index (Phi) is 10.3. The van der Waals surface area contributed by atoms with Crippen molar-refractivity contribution < 1.29 is 43.9 Å². The molecular weight excluding hydrogens is 352 g/mol. The van der Waals surface area contributed by atoms with Crippen molar-refractivity contribution in [2.75, 3.05) is 26.8 Å². The predicted molar refractivity (Wildman–Crippen MR) is 87.0 cm³/mol. The fraction of sp³-hybridized carbons (Fsp3) is 0.867. The third-order valence-electron chi connectivity index (χ3n) is 3.74. The van der Waals surface area contributed by atoms with Crippen LogP contribution in [0.15, 0.2) is 0 Å². The van der Waals surface area contributed by atoms with Gasteiger partial charge in [0.05, 0.1) is 19.3 Å². The third-order valence-corrected chi connectivity index (χ3v) is 3.74. The molecule has 0 aliphatic carbocycles. The Hall–Kier alpha value is -1.02. The van der Waals surface area contributed by atoms with Crippen molar-refractivity contribution in [1.29, 1.82) is 0 Å². The van der Waals surface area contributed by atoms with Crippen molar-refractivity contribution in [3.63, 3.8) is 0 Å². The van der Waals surface area contributed by atoms with Crippen molar-refractivity contribution >= 4 is 12.6 Å². The average Bonchev–Trinajstić information content (AvgIpc) is 2.62. The fourth-order valence-electron chi connectivity index (χ4n) is 2.37. The fourth-order valence-corrected chi connectivity index (χ4v) is 2.37. The Balaban J connectivity index is 2.57. The molecule has 8 unspecified atom stereocenters. The number of nitrogens with two attached hydrogens (primary N) is 1. The smallest absolute Gasteiger partial charge is 0.215 e. The Bertz CT molecular complexity index is 426. The van der Waals surface area contributed by atoms with Gasteiger partial charge >= 0.3 is 0 Å². The Morgan fingerprint density at radius 2 is 1.77 bits per heavy atom. The molecule has 1 aliphatic rings. The molecule has 0 amide bonds. The summed E-state index contributed by atoms with van der Waals surface area (Å²) in [6.45, 7) is 1.33. The van der Waals surface area contributed by atoms with E-state index in [1.54, 1.807) is 14.0 Å². The molecule has 0 aromatic carbocycles. The van der Waals surface area contributed by atoms with Crippen molar-refractivity contribution in [3.05, 3.63) is 0 Å². The van der Waals surface area contributed by atoms with E-state index in [2.05, 4.69) is 5.32 Å². The molecule has 1 rings (SSSR count). The van der Waals surface area contributed by atoms with E-state index >= 15 is 0 Å². The lowest BCUT2D eigenvalue weighted by Gasteiger charge is -2.40. The molecule has 0 spiro atoms. The third kappa shape index (κ3) is 6.95. The number of rotatable bonds is 12. The van der Waals surface area contributed by atoms with Crippen LogP contribution in [0.3, 0.4) is 0 Å². The van der Waals surface area contributed by atoms with Crippen LogP contribution in [0.2, 0.25) is 0 Å². The molecule has 11 heteroatoms. The summed E-state index contributed by atoms with van der Waals surface area (Å²) in [7, 11) is 1.64. The van der Waals surface area contributed by atoms with Gasteiger partial charge in [0.25, 0.3) is 0 Å². The van der Waals surface area contributed by atoms with E-state index in [9.17, 15) is 24.9 Å². The van der Waals surface area contributed by atoms with E-state index in [0.717, 1.165) is 0 Å². The molecule has 8 atom stereocenters. The topological polar surface area (TPSA) is 170 Å². The van der Waals surface area contributed by atoms with Gasteiger partial charge in [-0.2, -0.15) is 0 Å². The summed E-state index contributed by atoms with van der Waals surface area (Å²) in [5.74, 6) is 0. The number of aliphatic hydroxyl groups excluding tert-OH is 3. The van der Waals surface area contributed by atoms with Gasteiger partial charge in [-0.15, -0.1) is 0 Å². The maximum absolute atomic E-state index is 11.1. The summed E-state index contributed by atoms with van der Waals surface area (Å²) in [6, 6.07) is 0. The van der Waals surface area contributed by atoms with E-state index < -0.39 is 49.1 Å². The van der Waals surface area contributed by atoms with E-state index in [4.69, 9.17) is 24.7 Å². The first kappa shape index (κ1) is 23.0. The maximum Gasteiger partial charge on any atom is 0.215 e. The Labute approximate surface area is 151 Å². The quantitative estimate of drug-likeness (QED) is 0.168. The van der Waals surface area contributed by atoms with Crippen LogP contribution in [0, 0.1) is 0 Å². The lowest BCUT2D eigenvalue weighted by Crippen LogP contribution is -2.60. The molecule has 11 nitrogen and oxygen atoms in total. The number of hydrogen-bond acceptors (Lipinski definition) is 11. The molecular formula is C15H28N2O9. The number of hydrogen-bond donors (Lipinski definition) is 5. The highest BCUT2D eigenvalue weighted by Crippen LogP contribution is 2.21. The minimum Gasteiger partial charge on any atom is -0.388 e. The number of carbonyl (C=O) groups is 2. The predicted octanol–water partition coefficient (Wildman–Crippen LogP) is -3.50. The number of likely N-dealkylation sites (N-methyl/N-ethyl adjacent to an activating group) is 1. The summed E-state index contributed by atoms with van der Waals surface area (Å²) in [6.07, 6.45) is -8.24. The van der Waals surface area contributed by atoms with Crippen molar-refractivity contribution in [3.8, 4) is 0 Å². The highest BCUT2D eigenvalue weighted by Gasteiger charge is 2.43. The minimum absolute atomic E-state index is 0.160. The van der Waals surface area contributed by atoms with Gasteiger partial charge in [0.2, 0.25) is 6.29 Å². The molecule has 0 radical (unpaired) electrons. The summed E-state index contributed by atoms with van der Waals surface area (Å²) < 4.78 is 20.9. The highest BCUT2D eigenvalue weighted by molar-refractivity contribution is 5.58. The largest absolute Gasteiger partial charge is 0.388 e. The monoisotopic (exact) mass is 380 g/mol. The molecule has 1 saturated heterocycles. The molecule has 152 valence electrons. The maximum atomic E-state index is 11.1. The molecule has 6 N–H and O–H groups in total. The average molecular weight is 380 g/mol. The second kappa shape index (κ2) is 11.6. The summed E-state index contributed by atoms with van der Waals surface area (Å²) >= 11 is 0. The molecule has 26 heavy (non-hydrogen) atoms. The molecule has 0 saturated carbocycles. The summed E-state index contributed by atoms with van der Waals surface area (Å²) in [4.78, 5) is 22.1. The number of aldehydes is 2. The first-order valence-electron chi connectivity index (χ1n) is 8.23. The number of nitrogens with one attached hydrogen (secondary N) is 1. The van der Waals surface area contributed by atoms with E-state index in [1.165, 1.54) is 0 Å². The van der Waals surface area contributed by atoms with Gasteiger partial charge in [0.1, 0.15) is 36.7 Å². The SMILES string of the molecule is CNCC1OC(COC(C=O)OC(C=O)COC(C)N)C(O)C(O)C1O. The number of ether oxygens (including phenoxy) is 4. The highest BCUT2D eigenvalue weighted by atomic mass is 16.7. The van der Waals surface area contributed by atoms with Gasteiger partial charge in [-0.05, 0) is 14.0 Å². The van der Waals surface area contributed by atoms with Gasteiger partial charge < -0.3 is 50.1 Å². The van der Waals surface area contributed by atoms with Crippen LogP contribution in [-0.4, -0.2) is 104 Å². The molecule has 1 fully saturated rings.